The maximum absolute atomic E-state index is 14.4. The van der Waals surface area contributed by atoms with Gasteiger partial charge in [0.15, 0.2) is 0 Å². The predicted octanol–water partition coefficient (Wildman–Crippen LogP) is 5.91. The third-order valence-electron chi connectivity index (χ3n) is 8.53. The summed E-state index contributed by atoms with van der Waals surface area (Å²) in [7, 11) is 0. The van der Waals surface area contributed by atoms with Gasteiger partial charge < -0.3 is 15.0 Å². The molecule has 2 N–H and O–H groups in total. The zero-order valence-corrected chi connectivity index (χ0v) is 24.7. The fourth-order valence-electron chi connectivity index (χ4n) is 6.44. The lowest BCUT2D eigenvalue weighted by Crippen LogP contribution is -2.52. The summed E-state index contributed by atoms with van der Waals surface area (Å²) >= 11 is 0. The molecule has 2 atom stereocenters. The summed E-state index contributed by atoms with van der Waals surface area (Å²) in [5, 5.41) is 0.668. The number of hydrogen-bond acceptors (Lipinski definition) is 4. The molecule has 1 aliphatic rings. The van der Waals surface area contributed by atoms with E-state index in [9.17, 15) is 18.8 Å². The van der Waals surface area contributed by atoms with Crippen LogP contribution in [0.4, 0.5) is 9.18 Å². The number of esters is 1. The molecule has 3 aromatic carbocycles. The lowest BCUT2D eigenvalue weighted by atomic mass is 9.87. The van der Waals surface area contributed by atoms with Crippen molar-refractivity contribution in [3.8, 4) is 0 Å². The van der Waals surface area contributed by atoms with Crippen LogP contribution >= 0.6 is 0 Å². The zero-order chi connectivity index (χ0) is 30.5. The number of halogens is 1. The normalized spacial score (nSPS) is 15.1. The number of hydrogen-bond donors (Lipinski definition) is 1. The van der Waals surface area contributed by atoms with Crippen molar-refractivity contribution in [3.63, 3.8) is 0 Å². The number of fused-ring (bicyclic) bond motifs is 3. The SMILES string of the molecule is CCOC(=O)Cn1c2c(c3cc(F)ccc31)C[C@@H](N(C(N)=O)C(=O)C(CCc1ccccc1C)Cc1ccccc1)CC2. The van der Waals surface area contributed by atoms with Crippen LogP contribution < -0.4 is 5.73 Å². The van der Waals surface area contributed by atoms with Gasteiger partial charge >= 0.3 is 12.0 Å². The van der Waals surface area contributed by atoms with Crippen LogP contribution in [0, 0.1) is 18.7 Å². The number of nitrogens with zero attached hydrogens (tertiary/aromatic N) is 2. The first-order valence-electron chi connectivity index (χ1n) is 14.9. The number of ether oxygens (including phenoxy) is 1. The van der Waals surface area contributed by atoms with Gasteiger partial charge in [0.05, 0.1) is 6.61 Å². The van der Waals surface area contributed by atoms with Gasteiger partial charge in [0.25, 0.3) is 0 Å². The highest BCUT2D eigenvalue weighted by Gasteiger charge is 2.37. The monoisotopic (exact) mass is 583 g/mol. The van der Waals surface area contributed by atoms with Crippen molar-refractivity contribution < 1.29 is 23.5 Å². The molecule has 4 aromatic rings. The first kappa shape index (κ1) is 30.0. The summed E-state index contributed by atoms with van der Waals surface area (Å²) in [4.78, 5) is 40.9. The molecule has 7 nitrogen and oxygen atoms in total. The van der Waals surface area contributed by atoms with Crippen molar-refractivity contribution in [2.24, 2.45) is 11.7 Å². The average Bonchev–Trinajstić information content (AvgIpc) is 3.28. The van der Waals surface area contributed by atoms with E-state index in [0.717, 1.165) is 33.5 Å². The fourth-order valence-corrected chi connectivity index (χ4v) is 6.44. The summed E-state index contributed by atoms with van der Waals surface area (Å²) in [5.41, 5.74) is 11.7. The second-order valence-electron chi connectivity index (χ2n) is 11.3. The molecule has 43 heavy (non-hydrogen) atoms. The highest BCUT2D eigenvalue weighted by molar-refractivity contribution is 5.96. The third-order valence-corrected chi connectivity index (χ3v) is 8.53. The second-order valence-corrected chi connectivity index (χ2v) is 11.3. The second kappa shape index (κ2) is 13.2. The number of imide groups is 1. The smallest absolute Gasteiger partial charge is 0.325 e. The number of aromatic nitrogens is 1. The molecule has 0 fully saturated rings. The van der Waals surface area contributed by atoms with E-state index in [2.05, 4.69) is 19.1 Å². The van der Waals surface area contributed by atoms with Crippen LogP contribution in [0.2, 0.25) is 0 Å². The van der Waals surface area contributed by atoms with E-state index >= 15 is 0 Å². The van der Waals surface area contributed by atoms with Crippen LogP contribution in [0.25, 0.3) is 10.9 Å². The first-order valence-corrected chi connectivity index (χ1v) is 14.9. The molecule has 0 saturated carbocycles. The van der Waals surface area contributed by atoms with E-state index in [4.69, 9.17) is 10.5 Å². The summed E-state index contributed by atoms with van der Waals surface area (Å²) in [6.45, 7) is 4.08. The number of urea groups is 1. The maximum atomic E-state index is 14.4. The zero-order valence-electron chi connectivity index (χ0n) is 24.7. The van der Waals surface area contributed by atoms with Crippen molar-refractivity contribution >= 4 is 28.8 Å². The minimum Gasteiger partial charge on any atom is -0.465 e. The number of carbonyl (C=O) groups is 3. The van der Waals surface area contributed by atoms with Crippen LogP contribution in [-0.4, -0.2) is 40.0 Å². The number of rotatable bonds is 10. The van der Waals surface area contributed by atoms with Gasteiger partial charge in [-0.15, -0.1) is 0 Å². The van der Waals surface area contributed by atoms with E-state index in [0.29, 0.717) is 43.9 Å². The van der Waals surface area contributed by atoms with Gasteiger partial charge in [0, 0.05) is 28.6 Å². The van der Waals surface area contributed by atoms with Gasteiger partial charge in [-0.25, -0.2) is 9.18 Å². The number of benzene rings is 3. The summed E-state index contributed by atoms with van der Waals surface area (Å²) in [6, 6.07) is 21.1. The predicted molar refractivity (Wildman–Crippen MR) is 164 cm³/mol. The van der Waals surface area contributed by atoms with Gasteiger partial charge in [-0.05, 0) is 92.8 Å². The van der Waals surface area contributed by atoms with Crippen molar-refractivity contribution in [3.05, 3.63) is 107 Å². The topological polar surface area (TPSA) is 94.6 Å². The lowest BCUT2D eigenvalue weighted by Gasteiger charge is -2.34. The van der Waals surface area contributed by atoms with Gasteiger partial charge in [0.1, 0.15) is 12.4 Å². The van der Waals surface area contributed by atoms with Gasteiger partial charge in [0.2, 0.25) is 5.91 Å². The maximum Gasteiger partial charge on any atom is 0.325 e. The lowest BCUT2D eigenvalue weighted by molar-refractivity contribution is -0.143. The van der Waals surface area contributed by atoms with E-state index in [1.54, 1.807) is 13.0 Å². The molecule has 5 rings (SSSR count). The van der Waals surface area contributed by atoms with Crippen molar-refractivity contribution in [2.75, 3.05) is 6.61 Å². The Bertz CT molecular complexity index is 1630. The van der Waals surface area contributed by atoms with Crippen LogP contribution in [-0.2, 0) is 46.6 Å². The van der Waals surface area contributed by atoms with Gasteiger partial charge in [-0.1, -0.05) is 54.6 Å². The van der Waals surface area contributed by atoms with Gasteiger partial charge in [-0.3, -0.25) is 14.5 Å². The quantitative estimate of drug-likeness (QED) is 0.235. The molecule has 8 heteroatoms. The molecule has 1 aliphatic carbocycles. The summed E-state index contributed by atoms with van der Waals surface area (Å²) < 4.78 is 21.5. The van der Waals surface area contributed by atoms with E-state index in [1.807, 2.05) is 47.0 Å². The number of carbonyl (C=O) groups excluding carboxylic acids is 3. The third kappa shape index (κ3) is 6.63. The fraction of sp³-hybridized carbons (Fsp3) is 0.343. The van der Waals surface area contributed by atoms with E-state index in [1.165, 1.54) is 17.0 Å². The molecule has 224 valence electrons. The molecule has 3 amide bonds. The highest BCUT2D eigenvalue weighted by Crippen LogP contribution is 2.35. The molecule has 1 unspecified atom stereocenters. The Morgan fingerprint density at radius 1 is 1.07 bits per heavy atom. The molecule has 1 heterocycles. The molecule has 0 bridgehead atoms. The number of primary amides is 1. The summed E-state index contributed by atoms with van der Waals surface area (Å²) in [6.07, 6.45) is 3.05. The van der Waals surface area contributed by atoms with Gasteiger partial charge in [-0.2, -0.15) is 0 Å². The molecule has 0 radical (unpaired) electrons. The van der Waals surface area contributed by atoms with Crippen LogP contribution in [0.5, 0.6) is 0 Å². The molecule has 0 saturated heterocycles. The number of amides is 3. The minimum absolute atomic E-state index is 0.00644. The molecule has 0 spiro atoms. The molecular weight excluding hydrogens is 545 g/mol. The molecule has 0 aliphatic heterocycles. The Morgan fingerprint density at radius 3 is 2.53 bits per heavy atom. The first-order chi connectivity index (χ1) is 20.8. The summed E-state index contributed by atoms with van der Waals surface area (Å²) in [5.74, 6) is -1.52. The Kier molecular flexibility index (Phi) is 9.24. The van der Waals surface area contributed by atoms with E-state index in [-0.39, 0.29) is 25.0 Å². The Morgan fingerprint density at radius 2 is 1.81 bits per heavy atom. The average molecular weight is 584 g/mol. The minimum atomic E-state index is -0.783. The van der Waals surface area contributed by atoms with Crippen LogP contribution in [0.3, 0.4) is 0 Å². The van der Waals surface area contributed by atoms with Crippen LogP contribution in [0.1, 0.15) is 47.7 Å². The number of nitrogens with two attached hydrogens (primary N) is 1. The van der Waals surface area contributed by atoms with Crippen LogP contribution in [0.15, 0.2) is 72.8 Å². The highest BCUT2D eigenvalue weighted by atomic mass is 19.1. The van der Waals surface area contributed by atoms with Crippen molar-refractivity contribution in [2.45, 2.75) is 65.0 Å². The molecule has 1 aromatic heterocycles. The van der Waals surface area contributed by atoms with Crippen molar-refractivity contribution in [1.82, 2.24) is 9.47 Å². The van der Waals surface area contributed by atoms with E-state index < -0.39 is 23.8 Å². The standard InChI is InChI=1S/C35H38FN3O4/c1-3-43-33(40)22-38-31-17-15-27(36)20-29(31)30-21-28(16-18-32(30)38)39(35(37)42)34(41)26(19-24-10-5-4-6-11-24)14-13-25-12-8-7-9-23(25)2/h4-12,15,17,20,26,28H,3,13-14,16,18-19,21-22H2,1-2H3,(H2,37,42)/t26?,28-/m0/s1. The Balaban J connectivity index is 1.45. The Labute approximate surface area is 251 Å². The van der Waals surface area contributed by atoms with Crippen molar-refractivity contribution in [1.29, 1.82) is 0 Å². The Hall–Kier alpha value is -4.46. The largest absolute Gasteiger partial charge is 0.465 e. The number of aryl methyl sites for hydroxylation is 2. The molecular formula is C35H38FN3O4.